The summed E-state index contributed by atoms with van der Waals surface area (Å²) in [6.45, 7) is 7.00. The van der Waals surface area contributed by atoms with Gasteiger partial charge >= 0.3 is 0 Å². The fourth-order valence-corrected chi connectivity index (χ4v) is 0.729. The molecule has 0 saturated heterocycles. The van der Waals surface area contributed by atoms with Crippen LogP contribution >= 0.6 is 0 Å². The van der Waals surface area contributed by atoms with Gasteiger partial charge in [-0.3, -0.25) is 9.59 Å². The van der Waals surface area contributed by atoms with E-state index in [2.05, 4.69) is 6.58 Å². The Morgan fingerprint density at radius 3 is 2.27 bits per heavy atom. The summed E-state index contributed by atoms with van der Waals surface area (Å²) in [5, 5.41) is 0. The Kier molecular flexibility index (Phi) is 4.18. The van der Waals surface area contributed by atoms with Crippen molar-refractivity contribution in [3.05, 3.63) is 12.7 Å². The van der Waals surface area contributed by atoms with E-state index in [-0.39, 0.29) is 18.2 Å². The number of ketones is 1. The van der Waals surface area contributed by atoms with Crippen LogP contribution in [-0.2, 0) is 9.59 Å². The highest BCUT2D eigenvalue weighted by Gasteiger charge is 2.07. The molecule has 0 rings (SSSR count). The van der Waals surface area contributed by atoms with Crippen LogP contribution in [0.3, 0.4) is 0 Å². The molecule has 0 spiro atoms. The van der Waals surface area contributed by atoms with Crippen LogP contribution < -0.4 is 0 Å². The SMILES string of the molecule is C=CCN(CC(C)=O)C(C)=O. The molecule has 0 heterocycles. The lowest BCUT2D eigenvalue weighted by molar-refractivity contribution is -0.132. The van der Waals surface area contributed by atoms with E-state index in [9.17, 15) is 9.59 Å². The fourth-order valence-electron chi connectivity index (χ4n) is 0.729. The maximum Gasteiger partial charge on any atom is 0.220 e. The Hall–Kier alpha value is -1.12. The summed E-state index contributed by atoms with van der Waals surface area (Å²) in [5.41, 5.74) is 0. The van der Waals surface area contributed by atoms with Crippen LogP contribution in [0.25, 0.3) is 0 Å². The molecule has 0 saturated carbocycles. The predicted octanol–water partition coefficient (Wildman–Crippen LogP) is 0.610. The van der Waals surface area contributed by atoms with E-state index in [0.717, 1.165) is 0 Å². The molecule has 0 atom stereocenters. The monoisotopic (exact) mass is 155 g/mol. The quantitative estimate of drug-likeness (QED) is 0.558. The second-order valence-corrected chi connectivity index (χ2v) is 2.39. The van der Waals surface area contributed by atoms with Gasteiger partial charge in [0, 0.05) is 13.5 Å². The van der Waals surface area contributed by atoms with E-state index in [1.165, 1.54) is 18.7 Å². The van der Waals surface area contributed by atoms with Crippen LogP contribution in [0.2, 0.25) is 0 Å². The first-order valence-electron chi connectivity index (χ1n) is 3.43. The van der Waals surface area contributed by atoms with E-state index < -0.39 is 0 Å². The first-order valence-corrected chi connectivity index (χ1v) is 3.43. The lowest BCUT2D eigenvalue weighted by Gasteiger charge is -2.16. The summed E-state index contributed by atoms with van der Waals surface area (Å²) in [5.74, 6) is -0.109. The van der Waals surface area contributed by atoms with Gasteiger partial charge in [0.05, 0.1) is 6.54 Å². The van der Waals surface area contributed by atoms with Gasteiger partial charge in [-0.2, -0.15) is 0 Å². The molecule has 3 nitrogen and oxygen atoms in total. The average molecular weight is 155 g/mol. The maximum atomic E-state index is 10.8. The molecule has 0 aliphatic carbocycles. The minimum atomic E-state index is -0.0971. The molecule has 0 aromatic carbocycles. The zero-order valence-corrected chi connectivity index (χ0v) is 6.96. The van der Waals surface area contributed by atoms with Gasteiger partial charge in [0.15, 0.2) is 0 Å². The lowest BCUT2D eigenvalue weighted by atomic mass is 10.3. The number of carbonyl (C=O) groups is 2. The molecule has 0 N–H and O–H groups in total. The second-order valence-electron chi connectivity index (χ2n) is 2.39. The number of rotatable bonds is 4. The number of Topliss-reactive ketones (excluding diaryl/α,β-unsaturated/α-hetero) is 1. The minimum Gasteiger partial charge on any atom is -0.332 e. The summed E-state index contributed by atoms with van der Waals surface area (Å²) < 4.78 is 0. The number of carbonyl (C=O) groups excluding carboxylic acids is 2. The van der Waals surface area contributed by atoms with Crippen LogP contribution in [0.15, 0.2) is 12.7 Å². The van der Waals surface area contributed by atoms with Crippen molar-refractivity contribution in [1.29, 1.82) is 0 Å². The maximum absolute atomic E-state index is 10.8. The van der Waals surface area contributed by atoms with E-state index >= 15 is 0 Å². The van der Waals surface area contributed by atoms with Crippen LogP contribution in [0.5, 0.6) is 0 Å². The van der Waals surface area contributed by atoms with Gasteiger partial charge in [-0.1, -0.05) is 6.08 Å². The van der Waals surface area contributed by atoms with E-state index in [0.29, 0.717) is 6.54 Å². The Balaban J connectivity index is 3.99. The third kappa shape index (κ3) is 4.31. The normalized spacial score (nSPS) is 8.91. The zero-order valence-electron chi connectivity index (χ0n) is 6.96. The van der Waals surface area contributed by atoms with Crippen LogP contribution in [-0.4, -0.2) is 29.7 Å². The highest BCUT2D eigenvalue weighted by molar-refractivity contribution is 5.83. The molecule has 1 amide bonds. The van der Waals surface area contributed by atoms with Gasteiger partial charge < -0.3 is 4.90 Å². The van der Waals surface area contributed by atoms with Crippen molar-refractivity contribution < 1.29 is 9.59 Å². The van der Waals surface area contributed by atoms with E-state index in [1.54, 1.807) is 6.08 Å². The highest BCUT2D eigenvalue weighted by Crippen LogP contribution is 1.89. The Morgan fingerprint density at radius 1 is 1.45 bits per heavy atom. The number of nitrogens with zero attached hydrogens (tertiary/aromatic N) is 1. The molecule has 0 bridgehead atoms. The van der Waals surface area contributed by atoms with Crippen molar-refractivity contribution in [2.24, 2.45) is 0 Å². The molecule has 0 aliphatic heterocycles. The predicted molar refractivity (Wildman–Crippen MR) is 43.1 cm³/mol. The Morgan fingerprint density at radius 2 is 2.00 bits per heavy atom. The summed E-state index contributed by atoms with van der Waals surface area (Å²) in [6, 6.07) is 0. The Labute approximate surface area is 66.7 Å². The molecule has 0 aromatic rings. The third-order valence-corrected chi connectivity index (χ3v) is 1.21. The zero-order chi connectivity index (χ0) is 8.85. The molecule has 0 unspecified atom stereocenters. The van der Waals surface area contributed by atoms with Crippen LogP contribution in [0.4, 0.5) is 0 Å². The number of amides is 1. The number of hydrogen-bond acceptors (Lipinski definition) is 2. The molecule has 3 heteroatoms. The largest absolute Gasteiger partial charge is 0.332 e. The van der Waals surface area contributed by atoms with Crippen molar-refractivity contribution in [3.8, 4) is 0 Å². The van der Waals surface area contributed by atoms with E-state index in [1.807, 2.05) is 0 Å². The molecule has 0 aliphatic rings. The molecular formula is C8H13NO2. The van der Waals surface area contributed by atoms with E-state index in [4.69, 9.17) is 0 Å². The average Bonchev–Trinajstić information content (AvgIpc) is 1.86. The highest BCUT2D eigenvalue weighted by atomic mass is 16.2. The second kappa shape index (κ2) is 4.66. The van der Waals surface area contributed by atoms with Crippen molar-refractivity contribution in [3.63, 3.8) is 0 Å². The van der Waals surface area contributed by atoms with Crippen molar-refractivity contribution in [2.75, 3.05) is 13.1 Å². The topological polar surface area (TPSA) is 37.4 Å². The standard InChI is InChI=1S/C8H13NO2/c1-4-5-9(8(3)11)6-7(2)10/h4H,1,5-6H2,2-3H3. The van der Waals surface area contributed by atoms with Gasteiger partial charge in [0.1, 0.15) is 5.78 Å². The van der Waals surface area contributed by atoms with Crippen LogP contribution in [0.1, 0.15) is 13.8 Å². The molecule has 11 heavy (non-hydrogen) atoms. The lowest BCUT2D eigenvalue weighted by Crippen LogP contribution is -2.33. The smallest absolute Gasteiger partial charge is 0.220 e. The van der Waals surface area contributed by atoms with Gasteiger partial charge in [-0.15, -0.1) is 6.58 Å². The summed E-state index contributed by atoms with van der Waals surface area (Å²) >= 11 is 0. The first kappa shape index (κ1) is 9.88. The van der Waals surface area contributed by atoms with Crippen molar-refractivity contribution in [1.82, 2.24) is 4.90 Å². The first-order chi connectivity index (χ1) is 5.07. The van der Waals surface area contributed by atoms with Gasteiger partial charge in [-0.25, -0.2) is 0 Å². The molecule has 62 valence electrons. The Bertz CT molecular complexity index is 175. The number of hydrogen-bond donors (Lipinski definition) is 0. The van der Waals surface area contributed by atoms with Gasteiger partial charge in [0.25, 0.3) is 0 Å². The van der Waals surface area contributed by atoms with Gasteiger partial charge in [0.2, 0.25) is 5.91 Å². The summed E-state index contributed by atoms with van der Waals surface area (Å²) in [6.07, 6.45) is 1.60. The third-order valence-electron chi connectivity index (χ3n) is 1.21. The molecular weight excluding hydrogens is 142 g/mol. The molecule has 0 fully saturated rings. The molecule has 0 aromatic heterocycles. The van der Waals surface area contributed by atoms with Gasteiger partial charge in [-0.05, 0) is 6.92 Å². The summed E-state index contributed by atoms with van der Waals surface area (Å²) in [4.78, 5) is 22.8. The fraction of sp³-hybridized carbons (Fsp3) is 0.500. The van der Waals surface area contributed by atoms with Crippen molar-refractivity contribution >= 4 is 11.7 Å². The molecule has 0 radical (unpaired) electrons. The van der Waals surface area contributed by atoms with Crippen LogP contribution in [0, 0.1) is 0 Å². The van der Waals surface area contributed by atoms with Crippen molar-refractivity contribution in [2.45, 2.75) is 13.8 Å². The minimum absolute atomic E-state index is 0.0120. The summed E-state index contributed by atoms with van der Waals surface area (Å²) in [7, 11) is 0.